The first-order valence-corrected chi connectivity index (χ1v) is 9.36. The van der Waals surface area contributed by atoms with Gasteiger partial charge >= 0.3 is 0 Å². The fourth-order valence-electron chi connectivity index (χ4n) is 2.57. The lowest BCUT2D eigenvalue weighted by Crippen LogP contribution is -2.30. The molecule has 5 nitrogen and oxygen atoms in total. The molecular formula is C21H25ClN2O3. The number of aryl methyl sites for hydroxylation is 1. The minimum absolute atomic E-state index is 0.0160. The number of nitrogens with one attached hydrogen (secondary N) is 1. The molecule has 0 saturated carbocycles. The molecule has 0 aliphatic heterocycles. The van der Waals surface area contributed by atoms with Crippen molar-refractivity contribution in [3.63, 3.8) is 0 Å². The molecule has 0 aromatic heterocycles. The fourth-order valence-corrected chi connectivity index (χ4v) is 2.68. The van der Waals surface area contributed by atoms with Crippen molar-refractivity contribution in [3.8, 4) is 5.75 Å². The molecular weight excluding hydrogens is 364 g/mol. The lowest BCUT2D eigenvalue weighted by atomic mass is 10.1. The van der Waals surface area contributed by atoms with E-state index >= 15 is 0 Å². The Kier molecular flexibility index (Phi) is 7.67. The summed E-state index contributed by atoms with van der Waals surface area (Å²) >= 11 is 5.97. The summed E-state index contributed by atoms with van der Waals surface area (Å²) in [6.07, 6.45) is 0. The summed E-state index contributed by atoms with van der Waals surface area (Å²) in [6, 6.07) is 12.5. The molecule has 0 unspecified atom stereocenters. The van der Waals surface area contributed by atoms with E-state index in [-0.39, 0.29) is 18.4 Å². The number of amides is 2. The van der Waals surface area contributed by atoms with Gasteiger partial charge in [-0.2, -0.15) is 0 Å². The first-order chi connectivity index (χ1) is 12.9. The van der Waals surface area contributed by atoms with Gasteiger partial charge in [0.25, 0.3) is 11.8 Å². The molecule has 0 fully saturated rings. The maximum Gasteiger partial charge on any atom is 0.258 e. The summed E-state index contributed by atoms with van der Waals surface area (Å²) in [6.45, 7) is 7.46. The van der Waals surface area contributed by atoms with E-state index < -0.39 is 0 Å². The molecule has 144 valence electrons. The van der Waals surface area contributed by atoms with Gasteiger partial charge in [-0.1, -0.05) is 23.7 Å². The minimum atomic E-state index is -0.217. The van der Waals surface area contributed by atoms with E-state index in [9.17, 15) is 9.59 Å². The standard InChI is InChI=1S/C21H25ClN2O3/c1-4-24(5-2)21(26)17-8-6-16(7-9-17)13-23-20(25)14-27-18-10-11-19(22)15(3)12-18/h6-12H,4-5,13-14H2,1-3H3,(H,23,25). The lowest BCUT2D eigenvalue weighted by molar-refractivity contribution is -0.123. The normalized spacial score (nSPS) is 10.4. The Morgan fingerprint density at radius 2 is 1.74 bits per heavy atom. The molecule has 0 aliphatic carbocycles. The first kappa shape index (κ1) is 20.8. The van der Waals surface area contributed by atoms with Crippen LogP contribution < -0.4 is 10.1 Å². The second-order valence-electron chi connectivity index (χ2n) is 6.15. The highest BCUT2D eigenvalue weighted by Crippen LogP contribution is 2.20. The van der Waals surface area contributed by atoms with E-state index in [0.29, 0.717) is 36.0 Å². The van der Waals surface area contributed by atoms with Crippen LogP contribution in [0, 0.1) is 6.92 Å². The number of rotatable bonds is 8. The fraction of sp³-hybridized carbons (Fsp3) is 0.333. The molecule has 1 N–H and O–H groups in total. The van der Waals surface area contributed by atoms with E-state index in [1.54, 1.807) is 35.2 Å². The summed E-state index contributed by atoms with van der Waals surface area (Å²) in [5, 5.41) is 3.47. The zero-order valence-corrected chi connectivity index (χ0v) is 16.7. The van der Waals surface area contributed by atoms with E-state index in [1.165, 1.54) is 0 Å². The van der Waals surface area contributed by atoms with Crippen LogP contribution in [0.15, 0.2) is 42.5 Å². The first-order valence-electron chi connectivity index (χ1n) is 8.98. The van der Waals surface area contributed by atoms with Crippen LogP contribution >= 0.6 is 11.6 Å². The van der Waals surface area contributed by atoms with Crippen LogP contribution in [0.3, 0.4) is 0 Å². The molecule has 6 heteroatoms. The second-order valence-corrected chi connectivity index (χ2v) is 6.56. The number of carbonyl (C=O) groups is 2. The van der Waals surface area contributed by atoms with Gasteiger partial charge in [-0.3, -0.25) is 9.59 Å². The zero-order chi connectivity index (χ0) is 19.8. The van der Waals surface area contributed by atoms with Gasteiger partial charge in [-0.15, -0.1) is 0 Å². The average molecular weight is 389 g/mol. The maximum absolute atomic E-state index is 12.3. The third-order valence-corrected chi connectivity index (χ3v) is 4.66. The topological polar surface area (TPSA) is 58.6 Å². The monoisotopic (exact) mass is 388 g/mol. The van der Waals surface area contributed by atoms with Crippen molar-refractivity contribution < 1.29 is 14.3 Å². The Labute approximate surface area is 165 Å². The largest absolute Gasteiger partial charge is 0.484 e. The molecule has 2 rings (SSSR count). The molecule has 2 aromatic rings. The molecule has 0 saturated heterocycles. The molecule has 2 aromatic carbocycles. The molecule has 0 aliphatic rings. The quantitative estimate of drug-likeness (QED) is 0.747. The van der Waals surface area contributed by atoms with Crippen molar-refractivity contribution in [2.24, 2.45) is 0 Å². The van der Waals surface area contributed by atoms with E-state index in [4.69, 9.17) is 16.3 Å². The Balaban J connectivity index is 1.82. The van der Waals surface area contributed by atoms with Crippen molar-refractivity contribution in [1.29, 1.82) is 0 Å². The lowest BCUT2D eigenvalue weighted by Gasteiger charge is -2.18. The predicted molar refractivity (Wildman–Crippen MR) is 107 cm³/mol. The maximum atomic E-state index is 12.3. The Morgan fingerprint density at radius 3 is 2.33 bits per heavy atom. The zero-order valence-electron chi connectivity index (χ0n) is 15.9. The number of halogens is 1. The smallest absolute Gasteiger partial charge is 0.258 e. The molecule has 27 heavy (non-hydrogen) atoms. The van der Waals surface area contributed by atoms with Crippen molar-refractivity contribution in [3.05, 3.63) is 64.2 Å². The molecule has 2 amide bonds. The molecule has 0 heterocycles. The SMILES string of the molecule is CCN(CC)C(=O)c1ccc(CNC(=O)COc2ccc(Cl)c(C)c2)cc1. The third-order valence-electron chi connectivity index (χ3n) is 4.24. The van der Waals surface area contributed by atoms with Crippen molar-refractivity contribution in [1.82, 2.24) is 10.2 Å². The highest BCUT2D eigenvalue weighted by atomic mass is 35.5. The number of hydrogen-bond donors (Lipinski definition) is 1. The highest BCUT2D eigenvalue weighted by molar-refractivity contribution is 6.31. The van der Waals surface area contributed by atoms with Crippen LogP contribution in [0.4, 0.5) is 0 Å². The minimum Gasteiger partial charge on any atom is -0.484 e. The summed E-state index contributed by atoms with van der Waals surface area (Å²) < 4.78 is 5.47. The van der Waals surface area contributed by atoms with Gasteiger partial charge in [0, 0.05) is 30.2 Å². The summed E-state index contributed by atoms with van der Waals surface area (Å²) in [4.78, 5) is 26.0. The van der Waals surface area contributed by atoms with E-state index in [0.717, 1.165) is 11.1 Å². The molecule has 0 spiro atoms. The Hall–Kier alpha value is -2.53. The van der Waals surface area contributed by atoms with Crippen LogP contribution in [0.5, 0.6) is 5.75 Å². The van der Waals surface area contributed by atoms with Gasteiger partial charge in [0.15, 0.2) is 6.61 Å². The number of benzene rings is 2. The van der Waals surface area contributed by atoms with Gasteiger partial charge in [0.1, 0.15) is 5.75 Å². The molecule has 0 radical (unpaired) electrons. The van der Waals surface area contributed by atoms with Gasteiger partial charge in [-0.05, 0) is 62.2 Å². The average Bonchev–Trinajstić information content (AvgIpc) is 2.68. The van der Waals surface area contributed by atoms with Crippen molar-refractivity contribution >= 4 is 23.4 Å². The van der Waals surface area contributed by atoms with Crippen LogP contribution in [-0.4, -0.2) is 36.4 Å². The predicted octanol–water partition coefficient (Wildman–Crippen LogP) is 3.83. The summed E-state index contributed by atoms with van der Waals surface area (Å²) in [7, 11) is 0. The van der Waals surface area contributed by atoms with Gasteiger partial charge in [0.2, 0.25) is 0 Å². The Morgan fingerprint density at radius 1 is 1.07 bits per heavy atom. The molecule has 0 bridgehead atoms. The van der Waals surface area contributed by atoms with Gasteiger partial charge < -0.3 is 15.0 Å². The van der Waals surface area contributed by atoms with Gasteiger partial charge in [0.05, 0.1) is 0 Å². The van der Waals surface area contributed by atoms with Crippen LogP contribution in [0.25, 0.3) is 0 Å². The molecule has 0 atom stereocenters. The summed E-state index contributed by atoms with van der Waals surface area (Å²) in [5.41, 5.74) is 2.46. The second kappa shape index (κ2) is 9.97. The van der Waals surface area contributed by atoms with Crippen LogP contribution in [0.1, 0.15) is 35.3 Å². The summed E-state index contributed by atoms with van der Waals surface area (Å²) in [5.74, 6) is 0.402. The number of carbonyl (C=O) groups excluding carboxylic acids is 2. The number of ether oxygens (including phenoxy) is 1. The third kappa shape index (κ3) is 6.00. The van der Waals surface area contributed by atoms with E-state index in [1.807, 2.05) is 32.9 Å². The highest BCUT2D eigenvalue weighted by Gasteiger charge is 2.12. The number of nitrogens with zero attached hydrogens (tertiary/aromatic N) is 1. The van der Waals surface area contributed by atoms with Crippen LogP contribution in [0.2, 0.25) is 5.02 Å². The van der Waals surface area contributed by atoms with E-state index in [2.05, 4.69) is 5.32 Å². The Bertz CT molecular complexity index is 787. The van der Waals surface area contributed by atoms with Gasteiger partial charge in [-0.25, -0.2) is 0 Å². The van der Waals surface area contributed by atoms with Crippen LogP contribution in [-0.2, 0) is 11.3 Å². The van der Waals surface area contributed by atoms with Crippen molar-refractivity contribution in [2.75, 3.05) is 19.7 Å². The van der Waals surface area contributed by atoms with Crippen molar-refractivity contribution in [2.45, 2.75) is 27.3 Å². The number of hydrogen-bond acceptors (Lipinski definition) is 3.